The van der Waals surface area contributed by atoms with Crippen LogP contribution in [0, 0.1) is 11.6 Å². The Labute approximate surface area is 182 Å². The lowest BCUT2D eigenvalue weighted by molar-refractivity contribution is 0.0841. The van der Waals surface area contributed by atoms with E-state index in [4.69, 9.17) is 9.98 Å². The van der Waals surface area contributed by atoms with Crippen molar-refractivity contribution in [2.75, 3.05) is 18.0 Å². The van der Waals surface area contributed by atoms with Crippen LogP contribution in [0.3, 0.4) is 0 Å². The van der Waals surface area contributed by atoms with Crippen molar-refractivity contribution in [3.63, 3.8) is 0 Å². The first-order valence-electron chi connectivity index (χ1n) is 10.1. The van der Waals surface area contributed by atoms with Crippen LogP contribution in [0.5, 0.6) is 0 Å². The molecule has 0 atom stereocenters. The molecule has 0 aliphatic carbocycles. The Kier molecular flexibility index (Phi) is 4.47. The average Bonchev–Trinajstić information content (AvgIpc) is 3.41. The Morgan fingerprint density at radius 1 is 1.23 bits per heavy atom. The minimum atomic E-state index is -0.633. The highest BCUT2D eigenvalue weighted by molar-refractivity contribution is 7.08. The first-order chi connectivity index (χ1) is 14.8. The molecule has 2 aromatic heterocycles. The molecule has 0 bridgehead atoms. The molecule has 2 aliphatic rings. The summed E-state index contributed by atoms with van der Waals surface area (Å²) >= 11 is 1.52. The average molecular weight is 442 g/mol. The molecule has 3 aromatic rings. The van der Waals surface area contributed by atoms with Crippen molar-refractivity contribution < 1.29 is 13.6 Å². The number of fused-ring (bicyclic) bond motifs is 3. The van der Waals surface area contributed by atoms with E-state index in [1.165, 1.54) is 23.5 Å². The van der Waals surface area contributed by atoms with Gasteiger partial charge in [-0.2, -0.15) is 11.3 Å². The van der Waals surface area contributed by atoms with E-state index in [-0.39, 0.29) is 18.0 Å². The first kappa shape index (κ1) is 19.9. The highest BCUT2D eigenvalue weighted by Gasteiger charge is 2.45. The predicted molar refractivity (Wildman–Crippen MR) is 117 cm³/mol. The van der Waals surface area contributed by atoms with Gasteiger partial charge >= 0.3 is 0 Å². The van der Waals surface area contributed by atoms with Gasteiger partial charge in [0.25, 0.3) is 5.91 Å². The quantitative estimate of drug-likeness (QED) is 0.604. The number of aromatic nitrogens is 2. The van der Waals surface area contributed by atoms with Gasteiger partial charge in [-0.25, -0.2) is 18.8 Å². The summed E-state index contributed by atoms with van der Waals surface area (Å²) in [5.41, 5.74) is 1.10. The molecule has 4 heterocycles. The molecule has 0 N–H and O–H groups in total. The van der Waals surface area contributed by atoms with Crippen molar-refractivity contribution in [1.82, 2.24) is 14.5 Å². The van der Waals surface area contributed by atoms with Crippen molar-refractivity contribution in [2.24, 2.45) is 4.99 Å². The number of hydrogen-bond donors (Lipinski definition) is 0. The lowest BCUT2D eigenvalue weighted by Crippen LogP contribution is -2.51. The van der Waals surface area contributed by atoms with Crippen molar-refractivity contribution in [3.8, 4) is 11.4 Å². The van der Waals surface area contributed by atoms with Crippen LogP contribution in [0.2, 0.25) is 0 Å². The van der Waals surface area contributed by atoms with Gasteiger partial charge in [0.15, 0.2) is 5.69 Å². The summed E-state index contributed by atoms with van der Waals surface area (Å²) in [6.45, 7) is 7.08. The van der Waals surface area contributed by atoms with E-state index in [1.807, 2.05) is 47.1 Å². The summed E-state index contributed by atoms with van der Waals surface area (Å²) in [4.78, 5) is 26.4. The van der Waals surface area contributed by atoms with Crippen LogP contribution in [0.1, 0.15) is 36.8 Å². The highest BCUT2D eigenvalue weighted by atomic mass is 32.1. The van der Waals surface area contributed by atoms with Gasteiger partial charge < -0.3 is 4.57 Å². The zero-order valence-corrected chi connectivity index (χ0v) is 18.2. The van der Waals surface area contributed by atoms with E-state index in [0.29, 0.717) is 41.9 Å². The van der Waals surface area contributed by atoms with E-state index in [2.05, 4.69) is 0 Å². The number of carbonyl (C=O) groups is 1. The Hall–Kier alpha value is -3.07. The SMILES string of the molecule is CCN1C(=O)c2nc(-c3ccsc3)n(Cc3ccc(F)cc3F)c2N2CC(C)(C)N=C12. The van der Waals surface area contributed by atoms with E-state index < -0.39 is 11.6 Å². The Balaban J connectivity index is 1.73. The molecule has 1 aromatic carbocycles. The van der Waals surface area contributed by atoms with Crippen LogP contribution < -0.4 is 4.90 Å². The third kappa shape index (κ3) is 3.15. The van der Waals surface area contributed by atoms with Gasteiger partial charge in [-0.15, -0.1) is 0 Å². The minimum Gasteiger partial charge on any atom is -0.305 e. The molecule has 0 radical (unpaired) electrons. The third-order valence-electron chi connectivity index (χ3n) is 5.51. The van der Waals surface area contributed by atoms with Gasteiger partial charge in [-0.05, 0) is 38.3 Å². The second kappa shape index (κ2) is 6.98. The maximum Gasteiger partial charge on any atom is 0.283 e. The van der Waals surface area contributed by atoms with Crippen molar-refractivity contribution in [1.29, 1.82) is 0 Å². The number of benzene rings is 1. The Morgan fingerprint density at radius 3 is 2.71 bits per heavy atom. The monoisotopic (exact) mass is 441 g/mol. The summed E-state index contributed by atoms with van der Waals surface area (Å²) in [7, 11) is 0. The fourth-order valence-electron chi connectivity index (χ4n) is 4.15. The molecule has 1 amide bonds. The lowest BCUT2D eigenvalue weighted by atomic mass is 10.1. The van der Waals surface area contributed by atoms with Crippen LogP contribution in [0.15, 0.2) is 40.0 Å². The molecule has 0 spiro atoms. The summed E-state index contributed by atoms with van der Waals surface area (Å²) in [5, 5.41) is 3.87. The fraction of sp³-hybridized carbons (Fsp3) is 0.318. The van der Waals surface area contributed by atoms with Gasteiger partial charge in [0.2, 0.25) is 5.96 Å². The standard InChI is InChI=1S/C22H21F2N5OS/c1-4-27-20(30)17-19(29-12-22(2,3)26-21(27)29)28(18(25-17)14-7-8-31-11-14)10-13-5-6-15(23)9-16(13)24/h5-9,11H,4,10,12H2,1-3H3. The first-order valence-corrected chi connectivity index (χ1v) is 11.0. The van der Waals surface area contributed by atoms with Gasteiger partial charge in [0, 0.05) is 29.1 Å². The predicted octanol–water partition coefficient (Wildman–Crippen LogP) is 4.37. The van der Waals surface area contributed by atoms with Crippen molar-refractivity contribution in [3.05, 3.63) is 57.9 Å². The second-order valence-corrected chi connectivity index (χ2v) is 9.08. The third-order valence-corrected chi connectivity index (χ3v) is 6.20. The number of halogens is 2. The molecule has 160 valence electrons. The molecular weight excluding hydrogens is 420 g/mol. The number of nitrogens with zero attached hydrogens (tertiary/aromatic N) is 5. The highest BCUT2D eigenvalue weighted by Crippen LogP contribution is 2.39. The summed E-state index contributed by atoms with van der Waals surface area (Å²) in [6, 6.07) is 5.46. The summed E-state index contributed by atoms with van der Waals surface area (Å²) < 4.78 is 29.9. The molecule has 31 heavy (non-hydrogen) atoms. The molecule has 0 saturated heterocycles. The van der Waals surface area contributed by atoms with Crippen molar-refractivity contribution in [2.45, 2.75) is 32.9 Å². The molecule has 2 aliphatic heterocycles. The smallest absolute Gasteiger partial charge is 0.283 e. The minimum absolute atomic E-state index is 0.114. The van der Waals surface area contributed by atoms with Crippen LogP contribution >= 0.6 is 11.3 Å². The van der Waals surface area contributed by atoms with Crippen LogP contribution in [-0.2, 0) is 6.54 Å². The van der Waals surface area contributed by atoms with E-state index in [9.17, 15) is 13.6 Å². The number of thiophene rings is 1. The normalized spacial score (nSPS) is 17.1. The number of rotatable bonds is 4. The van der Waals surface area contributed by atoms with Crippen molar-refractivity contribution >= 4 is 29.0 Å². The second-order valence-electron chi connectivity index (χ2n) is 8.30. The maximum atomic E-state index is 14.5. The van der Waals surface area contributed by atoms with E-state index in [1.54, 1.807) is 4.90 Å². The van der Waals surface area contributed by atoms with Gasteiger partial charge in [0.05, 0.1) is 18.6 Å². The number of imidazole rings is 1. The van der Waals surface area contributed by atoms with E-state index >= 15 is 0 Å². The van der Waals surface area contributed by atoms with Crippen LogP contribution in [0.4, 0.5) is 14.6 Å². The number of carbonyl (C=O) groups excluding carboxylic acids is 1. The fourth-order valence-corrected chi connectivity index (χ4v) is 4.78. The summed E-state index contributed by atoms with van der Waals surface area (Å²) in [5.74, 6) is 0.278. The summed E-state index contributed by atoms with van der Waals surface area (Å²) in [6.07, 6.45) is 0. The van der Waals surface area contributed by atoms with Crippen LogP contribution in [-0.4, -0.2) is 44.9 Å². The number of anilines is 1. The lowest BCUT2D eigenvalue weighted by Gasteiger charge is -2.34. The maximum absolute atomic E-state index is 14.5. The van der Waals surface area contributed by atoms with E-state index in [0.717, 1.165) is 11.6 Å². The zero-order chi connectivity index (χ0) is 21.9. The van der Waals surface area contributed by atoms with Gasteiger partial charge in [-0.1, -0.05) is 6.07 Å². The molecule has 0 fully saturated rings. The molecule has 5 rings (SSSR count). The largest absolute Gasteiger partial charge is 0.305 e. The Morgan fingerprint density at radius 2 is 2.03 bits per heavy atom. The molecule has 9 heteroatoms. The molecular formula is C22H21F2N5OS. The van der Waals surface area contributed by atoms with Crippen LogP contribution in [0.25, 0.3) is 11.4 Å². The van der Waals surface area contributed by atoms with Gasteiger partial charge in [0.1, 0.15) is 23.3 Å². The zero-order valence-electron chi connectivity index (χ0n) is 17.4. The topological polar surface area (TPSA) is 53.7 Å². The number of aliphatic imine (C=N–C) groups is 1. The number of guanidine groups is 1. The molecule has 6 nitrogen and oxygen atoms in total. The van der Waals surface area contributed by atoms with Gasteiger partial charge in [-0.3, -0.25) is 14.6 Å². The number of amides is 1. The molecule has 0 saturated carbocycles. The Bertz CT molecular complexity index is 1210. The molecule has 0 unspecified atom stereocenters. The number of hydrogen-bond acceptors (Lipinski definition) is 5.